The van der Waals surface area contributed by atoms with E-state index >= 15 is 0 Å². The second-order valence-electron chi connectivity index (χ2n) is 9.34. The zero-order chi connectivity index (χ0) is 23.9. The number of aromatic nitrogens is 2. The van der Waals surface area contributed by atoms with Crippen LogP contribution in [0.2, 0.25) is 0 Å². The van der Waals surface area contributed by atoms with Gasteiger partial charge >= 0.3 is 6.01 Å². The van der Waals surface area contributed by atoms with Gasteiger partial charge < -0.3 is 9.64 Å². The number of ether oxygens (including phenoxy) is 1. The minimum absolute atomic E-state index is 0.141. The Morgan fingerprint density at radius 1 is 0.829 bits per heavy atom. The minimum atomic E-state index is -1.45. The molecule has 5 aromatic rings. The number of amides is 1. The van der Waals surface area contributed by atoms with Crippen molar-refractivity contribution in [2.75, 3.05) is 11.9 Å². The van der Waals surface area contributed by atoms with Crippen molar-refractivity contribution < 1.29 is 9.53 Å². The van der Waals surface area contributed by atoms with E-state index < -0.39 is 11.1 Å². The maximum absolute atomic E-state index is 14.3. The van der Waals surface area contributed by atoms with Crippen LogP contribution < -0.4 is 15.2 Å². The number of para-hydroxylation sites is 2. The van der Waals surface area contributed by atoms with Gasteiger partial charge in [0.05, 0.1) is 10.9 Å². The molecule has 0 saturated carbocycles. The first-order chi connectivity index (χ1) is 17.0. The zero-order valence-corrected chi connectivity index (χ0v) is 19.2. The maximum atomic E-state index is 14.3. The predicted molar refractivity (Wildman–Crippen MR) is 135 cm³/mol. The molecule has 6 heteroatoms. The number of rotatable bonds is 1. The summed E-state index contributed by atoms with van der Waals surface area (Å²) >= 11 is 0. The van der Waals surface area contributed by atoms with E-state index in [0.29, 0.717) is 10.9 Å². The largest absolute Gasteiger partial charge is 0.450 e. The molecule has 6 nitrogen and oxygen atoms in total. The number of likely N-dealkylation sites (N-methyl/N-ethyl adjacent to an activating group) is 1. The van der Waals surface area contributed by atoms with Crippen LogP contribution in [0.1, 0.15) is 18.1 Å². The lowest BCUT2D eigenvalue weighted by Gasteiger charge is -2.38. The second-order valence-corrected chi connectivity index (χ2v) is 9.34. The van der Waals surface area contributed by atoms with Gasteiger partial charge in [0.15, 0.2) is 5.60 Å². The summed E-state index contributed by atoms with van der Waals surface area (Å²) in [6.07, 6.45) is 0. The quantitative estimate of drug-likeness (QED) is 0.368. The molecule has 4 aromatic carbocycles. The molecule has 0 unspecified atom stereocenters. The summed E-state index contributed by atoms with van der Waals surface area (Å²) in [5, 5.41) is 2.56. The Hall–Kier alpha value is -4.45. The van der Waals surface area contributed by atoms with E-state index in [-0.39, 0.29) is 17.5 Å². The Morgan fingerprint density at radius 3 is 2.40 bits per heavy atom. The molecule has 2 atom stereocenters. The van der Waals surface area contributed by atoms with Crippen molar-refractivity contribution >= 4 is 33.3 Å². The molecule has 2 aliphatic heterocycles. The summed E-state index contributed by atoms with van der Waals surface area (Å²) in [4.78, 5) is 34.7. The fourth-order valence-electron chi connectivity index (χ4n) is 5.92. The molecule has 0 N–H and O–H groups in total. The third-order valence-corrected chi connectivity index (χ3v) is 7.64. The van der Waals surface area contributed by atoms with E-state index in [9.17, 15) is 9.59 Å². The average molecular weight is 460 g/mol. The molecule has 1 amide bonds. The lowest BCUT2D eigenvalue weighted by molar-refractivity contribution is -0.129. The molecular formula is C29H21N3O3. The van der Waals surface area contributed by atoms with E-state index in [4.69, 9.17) is 9.72 Å². The Bertz CT molecular complexity index is 1770. The van der Waals surface area contributed by atoms with Crippen molar-refractivity contribution in [3.8, 4) is 6.01 Å². The van der Waals surface area contributed by atoms with Crippen molar-refractivity contribution in [2.24, 2.45) is 0 Å². The first kappa shape index (κ1) is 20.0. The number of fused-ring (bicyclic) bond motifs is 6. The van der Waals surface area contributed by atoms with Gasteiger partial charge in [-0.15, -0.1) is 0 Å². The Labute approximate surface area is 201 Å². The first-order valence-electron chi connectivity index (χ1n) is 11.5. The topological polar surface area (TPSA) is 64.4 Å². The third kappa shape index (κ3) is 2.26. The summed E-state index contributed by atoms with van der Waals surface area (Å²) in [5.74, 6) is -0.229. The van der Waals surface area contributed by atoms with Crippen LogP contribution in [0.15, 0.2) is 95.8 Å². The number of hydrogen-bond acceptors (Lipinski definition) is 4. The smallest absolute Gasteiger partial charge is 0.302 e. The highest BCUT2D eigenvalue weighted by Crippen LogP contribution is 2.58. The second kappa shape index (κ2) is 6.57. The summed E-state index contributed by atoms with van der Waals surface area (Å²) in [5.41, 5.74) is -0.177. The molecule has 0 radical (unpaired) electrons. The van der Waals surface area contributed by atoms with Crippen LogP contribution in [0.3, 0.4) is 0 Å². The molecule has 7 rings (SSSR count). The molecule has 0 saturated heterocycles. The number of anilines is 1. The van der Waals surface area contributed by atoms with Gasteiger partial charge in [0, 0.05) is 18.3 Å². The van der Waals surface area contributed by atoms with Crippen molar-refractivity contribution in [2.45, 2.75) is 18.1 Å². The summed E-state index contributed by atoms with van der Waals surface area (Å²) in [6.45, 7) is 1.89. The van der Waals surface area contributed by atoms with E-state index in [0.717, 1.165) is 27.6 Å². The number of benzene rings is 4. The van der Waals surface area contributed by atoms with E-state index in [1.54, 1.807) is 30.1 Å². The van der Waals surface area contributed by atoms with Crippen molar-refractivity contribution in [3.05, 3.63) is 112 Å². The van der Waals surface area contributed by atoms with Crippen LogP contribution in [-0.4, -0.2) is 22.5 Å². The number of nitrogens with zero attached hydrogens (tertiary/aromatic N) is 3. The Kier molecular flexibility index (Phi) is 3.75. The zero-order valence-electron chi connectivity index (χ0n) is 19.2. The van der Waals surface area contributed by atoms with Crippen LogP contribution in [0.25, 0.3) is 21.7 Å². The molecule has 35 heavy (non-hydrogen) atoms. The van der Waals surface area contributed by atoms with Crippen LogP contribution in [0.5, 0.6) is 6.01 Å². The van der Waals surface area contributed by atoms with Gasteiger partial charge in [0.2, 0.25) is 5.54 Å². The van der Waals surface area contributed by atoms with E-state index in [1.165, 1.54) is 4.57 Å². The number of carbonyl (C=O) groups is 1. The highest BCUT2D eigenvalue weighted by atomic mass is 16.5. The van der Waals surface area contributed by atoms with Gasteiger partial charge in [-0.05, 0) is 47.5 Å². The molecule has 0 fully saturated rings. The Balaban J connectivity index is 1.64. The van der Waals surface area contributed by atoms with Gasteiger partial charge in [0.25, 0.3) is 11.5 Å². The van der Waals surface area contributed by atoms with Gasteiger partial charge in [-0.3, -0.25) is 9.59 Å². The maximum Gasteiger partial charge on any atom is 0.302 e. The first-order valence-corrected chi connectivity index (χ1v) is 11.5. The van der Waals surface area contributed by atoms with Gasteiger partial charge in [-0.1, -0.05) is 66.7 Å². The molecule has 170 valence electrons. The molecule has 2 aliphatic rings. The lowest BCUT2D eigenvalue weighted by atomic mass is 9.72. The van der Waals surface area contributed by atoms with Gasteiger partial charge in [-0.25, -0.2) is 4.57 Å². The Morgan fingerprint density at radius 2 is 1.54 bits per heavy atom. The fourth-order valence-corrected chi connectivity index (χ4v) is 5.92. The standard InChI is InChI=1S/C29H21N3O3/c1-28(20-16-15-18-9-3-4-10-19(18)17-20)29(22-12-6-8-14-24(22)31(2)26(29)34)32-25(33)21-11-5-7-13-23(21)30-27(32)35-28/h3-17H,1-2H3/t28-,29+/m0/s1. The monoisotopic (exact) mass is 459 g/mol. The number of carbonyl (C=O) groups excluding carboxylic acids is 1. The van der Waals surface area contributed by atoms with E-state index in [1.807, 2.05) is 79.7 Å². The van der Waals surface area contributed by atoms with Crippen LogP contribution in [-0.2, 0) is 15.9 Å². The molecule has 0 aliphatic carbocycles. The normalized spacial score (nSPS) is 22.6. The third-order valence-electron chi connectivity index (χ3n) is 7.64. The molecule has 0 bridgehead atoms. The van der Waals surface area contributed by atoms with Crippen molar-refractivity contribution in [3.63, 3.8) is 0 Å². The molecule has 1 aromatic heterocycles. The molecule has 1 spiro atoms. The minimum Gasteiger partial charge on any atom is -0.450 e. The molecule has 3 heterocycles. The number of hydrogen-bond donors (Lipinski definition) is 0. The van der Waals surface area contributed by atoms with Crippen LogP contribution >= 0.6 is 0 Å². The highest BCUT2D eigenvalue weighted by molar-refractivity contribution is 6.09. The summed E-state index contributed by atoms with van der Waals surface area (Å²) in [7, 11) is 1.74. The average Bonchev–Trinajstić information content (AvgIpc) is 3.29. The highest BCUT2D eigenvalue weighted by Gasteiger charge is 2.70. The summed E-state index contributed by atoms with van der Waals surface area (Å²) < 4.78 is 8.12. The van der Waals surface area contributed by atoms with Crippen molar-refractivity contribution in [1.29, 1.82) is 0 Å². The van der Waals surface area contributed by atoms with E-state index in [2.05, 4.69) is 0 Å². The summed E-state index contributed by atoms with van der Waals surface area (Å²) in [6, 6.07) is 29.0. The molecular weight excluding hydrogens is 438 g/mol. The van der Waals surface area contributed by atoms with Crippen molar-refractivity contribution in [1.82, 2.24) is 9.55 Å². The fraction of sp³-hybridized carbons (Fsp3) is 0.138. The lowest BCUT2D eigenvalue weighted by Crippen LogP contribution is -2.58. The SMILES string of the molecule is CN1C(=O)[C@@]2(c3ccccc31)n1c(nc3ccccc3c1=O)O[C@@]2(C)c1ccc2ccccc2c1. The van der Waals surface area contributed by atoms with Gasteiger partial charge in [-0.2, -0.15) is 4.98 Å². The van der Waals surface area contributed by atoms with Gasteiger partial charge in [0.1, 0.15) is 0 Å². The predicted octanol–water partition coefficient (Wildman–Crippen LogP) is 4.58. The van der Waals surface area contributed by atoms with Crippen LogP contribution in [0.4, 0.5) is 5.69 Å². The van der Waals surface area contributed by atoms with Crippen LogP contribution in [0, 0.1) is 0 Å².